The van der Waals surface area contributed by atoms with Gasteiger partial charge in [-0.25, -0.2) is 4.98 Å². The van der Waals surface area contributed by atoms with Crippen LogP contribution in [0.1, 0.15) is 43.0 Å². The van der Waals surface area contributed by atoms with Gasteiger partial charge in [-0.1, -0.05) is 68.3 Å². The Bertz CT molecular complexity index is 1370. The molecule has 0 aliphatic carbocycles. The molecule has 0 N–H and O–H groups in total. The second-order valence-electron chi connectivity index (χ2n) is 9.59. The number of ether oxygens (including phenoxy) is 1. The molecule has 0 amide bonds. The molecule has 1 aromatic heterocycles. The molecule has 0 saturated heterocycles. The first-order valence-electron chi connectivity index (χ1n) is 13.1. The number of aromatic nitrogens is 2. The van der Waals surface area contributed by atoms with Gasteiger partial charge in [0.05, 0.1) is 19.0 Å². The van der Waals surface area contributed by atoms with Crippen molar-refractivity contribution in [2.45, 2.75) is 46.2 Å². The van der Waals surface area contributed by atoms with Gasteiger partial charge in [0.2, 0.25) is 5.95 Å². The number of anilines is 2. The number of para-hydroxylation sites is 1. The SMILES string of the molecule is CCCCCN1CN(c2ccc(Oc3ccccc3)cc2)c2nc(C)c(Cc3ccccc3)c(=O)n2C1. The maximum atomic E-state index is 13.8. The summed E-state index contributed by atoms with van der Waals surface area (Å²) < 4.78 is 7.83. The Morgan fingerprint density at radius 2 is 1.51 bits per heavy atom. The van der Waals surface area contributed by atoms with Gasteiger partial charge >= 0.3 is 0 Å². The fourth-order valence-corrected chi connectivity index (χ4v) is 4.77. The lowest BCUT2D eigenvalue weighted by Crippen LogP contribution is -2.48. The maximum absolute atomic E-state index is 13.8. The third kappa shape index (κ3) is 5.75. The number of benzene rings is 3. The highest BCUT2D eigenvalue weighted by Crippen LogP contribution is 2.31. The van der Waals surface area contributed by atoms with Crippen molar-refractivity contribution >= 4 is 11.6 Å². The van der Waals surface area contributed by atoms with Gasteiger partial charge in [-0.3, -0.25) is 19.2 Å². The molecule has 3 aromatic carbocycles. The van der Waals surface area contributed by atoms with Crippen LogP contribution in [-0.2, 0) is 13.1 Å². The van der Waals surface area contributed by atoms with Crippen LogP contribution in [0.3, 0.4) is 0 Å². The molecule has 2 heterocycles. The first-order chi connectivity index (χ1) is 18.1. The van der Waals surface area contributed by atoms with Crippen LogP contribution in [0.2, 0.25) is 0 Å². The molecule has 0 saturated carbocycles. The van der Waals surface area contributed by atoms with E-state index >= 15 is 0 Å². The van der Waals surface area contributed by atoms with E-state index in [1.54, 1.807) is 0 Å². The Kier molecular flexibility index (Phi) is 7.66. The third-order valence-corrected chi connectivity index (χ3v) is 6.80. The van der Waals surface area contributed by atoms with E-state index in [1.165, 1.54) is 12.8 Å². The molecule has 4 aromatic rings. The second kappa shape index (κ2) is 11.4. The maximum Gasteiger partial charge on any atom is 0.259 e. The van der Waals surface area contributed by atoms with Crippen molar-refractivity contribution in [2.24, 2.45) is 0 Å². The summed E-state index contributed by atoms with van der Waals surface area (Å²) in [5, 5.41) is 0. The molecule has 6 nitrogen and oxygen atoms in total. The molecular formula is C31H34N4O2. The zero-order valence-corrected chi connectivity index (χ0v) is 21.6. The average molecular weight is 495 g/mol. The first-order valence-corrected chi connectivity index (χ1v) is 13.1. The minimum Gasteiger partial charge on any atom is -0.457 e. The number of unbranched alkanes of at least 4 members (excludes halogenated alkanes) is 2. The van der Waals surface area contributed by atoms with Crippen LogP contribution in [0.4, 0.5) is 11.6 Å². The Morgan fingerprint density at radius 1 is 0.838 bits per heavy atom. The zero-order chi connectivity index (χ0) is 25.6. The Labute approximate surface area is 218 Å². The Balaban J connectivity index is 1.47. The summed E-state index contributed by atoms with van der Waals surface area (Å²) in [6, 6.07) is 27.9. The van der Waals surface area contributed by atoms with Crippen LogP contribution in [0, 0.1) is 6.92 Å². The van der Waals surface area contributed by atoms with Crippen LogP contribution in [0.5, 0.6) is 11.5 Å². The van der Waals surface area contributed by atoms with Crippen LogP contribution in [0.15, 0.2) is 89.7 Å². The van der Waals surface area contributed by atoms with Crippen molar-refractivity contribution in [3.63, 3.8) is 0 Å². The van der Waals surface area contributed by atoms with Crippen LogP contribution < -0.4 is 15.2 Å². The number of aryl methyl sites for hydroxylation is 1. The van der Waals surface area contributed by atoms with E-state index in [9.17, 15) is 4.79 Å². The lowest BCUT2D eigenvalue weighted by molar-refractivity contribution is 0.194. The van der Waals surface area contributed by atoms with Crippen LogP contribution in [0.25, 0.3) is 0 Å². The summed E-state index contributed by atoms with van der Waals surface area (Å²) in [4.78, 5) is 23.3. The molecular weight excluding hydrogens is 460 g/mol. The van der Waals surface area contributed by atoms with Crippen LogP contribution >= 0.6 is 0 Å². The molecule has 0 spiro atoms. The van der Waals surface area contributed by atoms with Crippen molar-refractivity contribution < 1.29 is 4.74 Å². The smallest absolute Gasteiger partial charge is 0.259 e. The quantitative estimate of drug-likeness (QED) is 0.249. The summed E-state index contributed by atoms with van der Waals surface area (Å²) in [6.45, 7) is 6.34. The highest BCUT2D eigenvalue weighted by atomic mass is 16.5. The summed E-state index contributed by atoms with van der Waals surface area (Å²) in [5.41, 5.74) is 3.69. The molecule has 0 bridgehead atoms. The molecule has 0 unspecified atom stereocenters. The largest absolute Gasteiger partial charge is 0.457 e. The number of fused-ring (bicyclic) bond motifs is 1. The van der Waals surface area contributed by atoms with Gasteiger partial charge in [0, 0.05) is 24.2 Å². The number of hydrogen-bond donors (Lipinski definition) is 0. The van der Waals surface area contributed by atoms with Gasteiger partial charge in [-0.05, 0) is 55.3 Å². The van der Waals surface area contributed by atoms with Gasteiger partial charge in [0.25, 0.3) is 5.56 Å². The minimum absolute atomic E-state index is 0.0422. The van der Waals surface area contributed by atoms with E-state index < -0.39 is 0 Å². The van der Waals surface area contributed by atoms with E-state index in [1.807, 2.05) is 84.3 Å². The highest BCUT2D eigenvalue weighted by molar-refractivity contribution is 5.60. The lowest BCUT2D eigenvalue weighted by Gasteiger charge is -2.38. The van der Waals surface area contributed by atoms with Crippen molar-refractivity contribution in [2.75, 3.05) is 18.1 Å². The second-order valence-corrected chi connectivity index (χ2v) is 9.59. The minimum atomic E-state index is 0.0422. The fraction of sp³-hybridized carbons (Fsp3) is 0.290. The average Bonchev–Trinajstić information content (AvgIpc) is 2.93. The van der Waals surface area contributed by atoms with Gasteiger partial charge in [-0.15, -0.1) is 0 Å². The van der Waals surface area contributed by atoms with Crippen molar-refractivity contribution in [3.05, 3.63) is 112 Å². The third-order valence-electron chi connectivity index (χ3n) is 6.80. The van der Waals surface area contributed by atoms with Gasteiger partial charge in [0.15, 0.2) is 0 Å². The molecule has 5 rings (SSSR count). The number of nitrogens with zero attached hydrogens (tertiary/aromatic N) is 4. The standard InChI is InChI=1S/C31H34N4O2/c1-3-4-11-20-33-22-34(26-16-18-28(19-17-26)37-27-14-9-6-10-15-27)31-32-24(2)29(30(36)35(31)23-33)21-25-12-7-5-8-13-25/h5-10,12-19H,3-4,11,20-23H2,1-2H3. The molecule has 1 aliphatic rings. The monoisotopic (exact) mass is 494 g/mol. The first kappa shape index (κ1) is 24.8. The Hall–Kier alpha value is -3.90. The summed E-state index contributed by atoms with van der Waals surface area (Å²) in [5.74, 6) is 2.27. The van der Waals surface area contributed by atoms with E-state index in [0.717, 1.165) is 47.0 Å². The van der Waals surface area contributed by atoms with Crippen LogP contribution in [-0.4, -0.2) is 27.7 Å². The van der Waals surface area contributed by atoms with E-state index in [-0.39, 0.29) is 5.56 Å². The molecule has 0 atom stereocenters. The predicted molar refractivity (Wildman–Crippen MR) is 149 cm³/mol. The Morgan fingerprint density at radius 3 is 2.22 bits per heavy atom. The van der Waals surface area contributed by atoms with Gasteiger partial charge in [-0.2, -0.15) is 0 Å². The predicted octanol–water partition coefficient (Wildman–Crippen LogP) is 6.49. The molecule has 190 valence electrons. The van der Waals surface area contributed by atoms with Gasteiger partial charge < -0.3 is 4.74 Å². The topological polar surface area (TPSA) is 50.6 Å². The normalized spacial score (nSPS) is 13.4. The van der Waals surface area contributed by atoms with E-state index in [4.69, 9.17) is 9.72 Å². The van der Waals surface area contributed by atoms with Crippen molar-refractivity contribution in [3.8, 4) is 11.5 Å². The number of rotatable bonds is 9. The van der Waals surface area contributed by atoms with E-state index in [2.05, 4.69) is 28.9 Å². The van der Waals surface area contributed by atoms with Gasteiger partial charge in [0.1, 0.15) is 11.5 Å². The van der Waals surface area contributed by atoms with E-state index in [0.29, 0.717) is 25.7 Å². The molecule has 1 aliphatic heterocycles. The molecule has 0 radical (unpaired) electrons. The summed E-state index contributed by atoms with van der Waals surface area (Å²) in [7, 11) is 0. The summed E-state index contributed by atoms with van der Waals surface area (Å²) >= 11 is 0. The summed E-state index contributed by atoms with van der Waals surface area (Å²) in [6.07, 6.45) is 4.03. The lowest BCUT2D eigenvalue weighted by atomic mass is 10.1. The van der Waals surface area contributed by atoms with Crippen molar-refractivity contribution in [1.82, 2.24) is 14.5 Å². The molecule has 0 fully saturated rings. The molecule has 6 heteroatoms. The zero-order valence-electron chi connectivity index (χ0n) is 21.6. The fourth-order valence-electron chi connectivity index (χ4n) is 4.77. The molecule has 37 heavy (non-hydrogen) atoms. The highest BCUT2D eigenvalue weighted by Gasteiger charge is 2.27. The number of hydrogen-bond acceptors (Lipinski definition) is 5. The van der Waals surface area contributed by atoms with Crippen molar-refractivity contribution in [1.29, 1.82) is 0 Å².